The number of anilines is 1. The van der Waals surface area contributed by atoms with E-state index < -0.39 is 0 Å². The summed E-state index contributed by atoms with van der Waals surface area (Å²) in [6.07, 6.45) is 1.65. The van der Waals surface area contributed by atoms with Gasteiger partial charge in [-0.2, -0.15) is 0 Å². The van der Waals surface area contributed by atoms with Crippen LogP contribution in [0.4, 0.5) is 5.69 Å². The number of benzene rings is 2. The number of methoxy groups -OCH3 is 1. The van der Waals surface area contributed by atoms with Gasteiger partial charge in [-0.25, -0.2) is 9.97 Å². The summed E-state index contributed by atoms with van der Waals surface area (Å²) in [5.74, 6) is 0.447. The number of rotatable bonds is 4. The molecule has 0 aliphatic carbocycles. The predicted molar refractivity (Wildman–Crippen MR) is 108 cm³/mol. The molecule has 0 fully saturated rings. The lowest BCUT2D eigenvalue weighted by Gasteiger charge is -2.09. The van der Waals surface area contributed by atoms with Gasteiger partial charge in [0.2, 0.25) is 11.6 Å². The molecule has 140 valence electrons. The van der Waals surface area contributed by atoms with Gasteiger partial charge in [-0.1, -0.05) is 23.2 Å². The zero-order chi connectivity index (χ0) is 19.7. The molecule has 2 aromatic heterocycles. The average molecular weight is 414 g/mol. The molecule has 28 heavy (non-hydrogen) atoms. The van der Waals surface area contributed by atoms with E-state index in [1.165, 1.54) is 19.2 Å². The first kappa shape index (κ1) is 18.3. The molecule has 6 nitrogen and oxygen atoms in total. The van der Waals surface area contributed by atoms with Crippen LogP contribution >= 0.6 is 23.2 Å². The van der Waals surface area contributed by atoms with Crippen LogP contribution in [-0.2, 0) is 0 Å². The lowest BCUT2D eigenvalue weighted by molar-refractivity contribution is 0.102. The van der Waals surface area contributed by atoms with E-state index in [2.05, 4.69) is 15.3 Å². The van der Waals surface area contributed by atoms with Crippen LogP contribution in [-0.4, -0.2) is 23.0 Å². The number of oxazole rings is 1. The number of carbonyl (C=O) groups excluding carboxylic acids is 1. The highest BCUT2D eigenvalue weighted by atomic mass is 35.5. The number of ether oxygens (including phenoxy) is 1. The van der Waals surface area contributed by atoms with Crippen LogP contribution in [0.2, 0.25) is 10.0 Å². The lowest BCUT2D eigenvalue weighted by Crippen LogP contribution is -2.12. The minimum atomic E-state index is -0.342. The summed E-state index contributed by atoms with van der Waals surface area (Å²) in [7, 11) is 1.46. The molecule has 4 aromatic rings. The Morgan fingerprint density at radius 3 is 2.46 bits per heavy atom. The van der Waals surface area contributed by atoms with Crippen LogP contribution in [0, 0.1) is 0 Å². The Morgan fingerprint density at radius 1 is 1.11 bits per heavy atom. The smallest absolute Gasteiger partial charge is 0.255 e. The Bertz CT molecular complexity index is 1120. The van der Waals surface area contributed by atoms with Crippen LogP contribution in [0.1, 0.15) is 10.4 Å². The maximum Gasteiger partial charge on any atom is 0.255 e. The third-order valence-corrected chi connectivity index (χ3v) is 4.58. The third-order valence-electron chi connectivity index (χ3n) is 4.02. The van der Waals surface area contributed by atoms with Gasteiger partial charge < -0.3 is 14.5 Å². The molecule has 0 saturated carbocycles. The Hall–Kier alpha value is -3.09. The number of nitrogens with zero attached hydrogens (tertiary/aromatic N) is 2. The van der Waals surface area contributed by atoms with Crippen LogP contribution < -0.4 is 10.1 Å². The number of hydrogen-bond acceptors (Lipinski definition) is 5. The Morgan fingerprint density at radius 2 is 1.82 bits per heavy atom. The Labute approximate surface area is 170 Å². The number of pyridine rings is 1. The molecule has 0 unspecified atom stereocenters. The maximum atomic E-state index is 12.5. The van der Waals surface area contributed by atoms with Gasteiger partial charge in [-0.3, -0.25) is 4.79 Å². The van der Waals surface area contributed by atoms with Gasteiger partial charge in [0.1, 0.15) is 5.52 Å². The molecule has 0 spiro atoms. The van der Waals surface area contributed by atoms with Crippen molar-refractivity contribution in [1.29, 1.82) is 0 Å². The van der Waals surface area contributed by atoms with Crippen molar-refractivity contribution in [3.05, 3.63) is 70.3 Å². The fraction of sp³-hybridized carbons (Fsp3) is 0.0500. The normalized spacial score (nSPS) is 10.8. The van der Waals surface area contributed by atoms with E-state index in [9.17, 15) is 4.79 Å². The summed E-state index contributed by atoms with van der Waals surface area (Å²) in [6.45, 7) is 0. The van der Waals surface area contributed by atoms with Crippen LogP contribution in [0.5, 0.6) is 5.75 Å². The second kappa shape index (κ2) is 7.50. The van der Waals surface area contributed by atoms with Crippen LogP contribution in [0.3, 0.4) is 0 Å². The number of amides is 1. The molecule has 1 amide bonds. The molecule has 0 aliphatic heterocycles. The molecule has 8 heteroatoms. The van der Waals surface area contributed by atoms with E-state index in [1.807, 2.05) is 6.07 Å². The second-order valence-electron chi connectivity index (χ2n) is 5.85. The molecule has 0 atom stereocenters. The van der Waals surface area contributed by atoms with Gasteiger partial charge in [0.15, 0.2) is 5.75 Å². The molecule has 2 heterocycles. The van der Waals surface area contributed by atoms with E-state index >= 15 is 0 Å². The van der Waals surface area contributed by atoms with E-state index in [0.717, 1.165) is 5.56 Å². The maximum absolute atomic E-state index is 12.5. The van der Waals surface area contributed by atoms with Crippen molar-refractivity contribution >= 4 is 46.0 Å². The standard InChI is InChI=1S/C20H13Cl2N3O3/c1-27-17-14(21)9-12(10-15(17)22)18(26)24-13-6-4-11(5-7-13)19-25-16-3-2-8-23-20(16)28-19/h2-10H,1H3,(H,24,26). The number of nitrogens with one attached hydrogen (secondary N) is 1. The first-order chi connectivity index (χ1) is 13.5. The van der Waals surface area contributed by atoms with Crippen molar-refractivity contribution in [3.8, 4) is 17.2 Å². The largest absolute Gasteiger partial charge is 0.494 e. The van der Waals surface area contributed by atoms with Crippen molar-refractivity contribution in [3.63, 3.8) is 0 Å². The molecule has 0 aliphatic rings. The topological polar surface area (TPSA) is 77.2 Å². The summed E-state index contributed by atoms with van der Waals surface area (Å²) >= 11 is 12.2. The van der Waals surface area contributed by atoms with E-state index in [0.29, 0.717) is 34.1 Å². The molecule has 0 bridgehead atoms. The van der Waals surface area contributed by atoms with Crippen molar-refractivity contribution in [2.45, 2.75) is 0 Å². The SMILES string of the molecule is COc1c(Cl)cc(C(=O)Nc2ccc(-c3nc4cccnc4o3)cc2)cc1Cl. The Balaban J connectivity index is 1.53. The molecule has 4 rings (SSSR count). The number of carbonyl (C=O) groups is 1. The highest BCUT2D eigenvalue weighted by Gasteiger charge is 2.14. The highest BCUT2D eigenvalue weighted by Crippen LogP contribution is 2.34. The molecule has 2 aromatic carbocycles. The van der Waals surface area contributed by atoms with Gasteiger partial charge in [-0.15, -0.1) is 0 Å². The molecule has 0 saturated heterocycles. The number of halogens is 2. The molecular weight excluding hydrogens is 401 g/mol. The zero-order valence-electron chi connectivity index (χ0n) is 14.6. The minimum Gasteiger partial charge on any atom is -0.494 e. The summed E-state index contributed by atoms with van der Waals surface area (Å²) in [5, 5.41) is 3.32. The third kappa shape index (κ3) is 3.52. The summed E-state index contributed by atoms with van der Waals surface area (Å²) in [6, 6.07) is 13.7. The molecular formula is C20H13Cl2N3O3. The number of hydrogen-bond donors (Lipinski definition) is 1. The van der Waals surface area contributed by atoms with Crippen molar-refractivity contribution in [1.82, 2.24) is 9.97 Å². The monoisotopic (exact) mass is 413 g/mol. The van der Waals surface area contributed by atoms with E-state index in [4.69, 9.17) is 32.4 Å². The number of fused-ring (bicyclic) bond motifs is 1. The minimum absolute atomic E-state index is 0.264. The van der Waals surface area contributed by atoms with Gasteiger partial charge in [0.25, 0.3) is 5.91 Å². The van der Waals surface area contributed by atoms with Gasteiger partial charge in [-0.05, 0) is 48.5 Å². The summed E-state index contributed by atoms with van der Waals surface area (Å²) < 4.78 is 10.7. The quantitative estimate of drug-likeness (QED) is 0.480. The van der Waals surface area contributed by atoms with E-state index in [-0.39, 0.29) is 16.0 Å². The number of aromatic nitrogens is 2. The average Bonchev–Trinajstić information content (AvgIpc) is 3.12. The van der Waals surface area contributed by atoms with Crippen LogP contribution in [0.15, 0.2) is 59.1 Å². The van der Waals surface area contributed by atoms with Crippen molar-refractivity contribution in [2.24, 2.45) is 0 Å². The van der Waals surface area contributed by atoms with Crippen molar-refractivity contribution < 1.29 is 13.9 Å². The highest BCUT2D eigenvalue weighted by molar-refractivity contribution is 6.37. The first-order valence-electron chi connectivity index (χ1n) is 8.21. The van der Waals surface area contributed by atoms with Gasteiger partial charge >= 0.3 is 0 Å². The van der Waals surface area contributed by atoms with Crippen LogP contribution in [0.25, 0.3) is 22.7 Å². The second-order valence-corrected chi connectivity index (χ2v) is 6.67. The molecule has 0 radical (unpaired) electrons. The van der Waals surface area contributed by atoms with Crippen molar-refractivity contribution in [2.75, 3.05) is 12.4 Å². The fourth-order valence-electron chi connectivity index (χ4n) is 2.68. The predicted octanol–water partition coefficient (Wildman–Crippen LogP) is 5.46. The fourth-order valence-corrected chi connectivity index (χ4v) is 3.32. The Kier molecular flexibility index (Phi) is 4.90. The van der Waals surface area contributed by atoms with Gasteiger partial charge in [0, 0.05) is 23.0 Å². The summed E-state index contributed by atoms with van der Waals surface area (Å²) in [5.41, 5.74) is 2.86. The summed E-state index contributed by atoms with van der Waals surface area (Å²) in [4.78, 5) is 21.0. The zero-order valence-corrected chi connectivity index (χ0v) is 16.1. The van der Waals surface area contributed by atoms with Gasteiger partial charge in [0.05, 0.1) is 17.2 Å². The van der Waals surface area contributed by atoms with E-state index in [1.54, 1.807) is 36.5 Å². The molecule has 1 N–H and O–H groups in total. The first-order valence-corrected chi connectivity index (χ1v) is 8.97. The lowest BCUT2D eigenvalue weighted by atomic mass is 10.1.